The Kier molecular flexibility index (Phi) is 4.47. The molecule has 0 saturated carbocycles. The van der Waals surface area contributed by atoms with Crippen LogP contribution in [0.15, 0.2) is 42.5 Å². The number of nitrogens with zero attached hydrogens (tertiary/aromatic N) is 2. The molecule has 0 amide bonds. The number of sulfonamides is 1. The molecule has 0 radical (unpaired) electrons. The van der Waals surface area contributed by atoms with E-state index in [0.29, 0.717) is 35.5 Å². The molecule has 0 bridgehead atoms. The average molecular weight is 356 g/mol. The van der Waals surface area contributed by atoms with Crippen molar-refractivity contribution in [2.24, 2.45) is 0 Å². The summed E-state index contributed by atoms with van der Waals surface area (Å²) in [5, 5.41) is 8.87. The Bertz CT molecular complexity index is 977. The number of benzene rings is 2. The summed E-state index contributed by atoms with van der Waals surface area (Å²) in [5.41, 5.74) is 2.40. The molecule has 0 N–H and O–H groups in total. The van der Waals surface area contributed by atoms with Gasteiger partial charge in [-0.15, -0.1) is 0 Å². The maximum atomic E-state index is 12.3. The van der Waals surface area contributed by atoms with E-state index in [9.17, 15) is 13.2 Å². The molecule has 25 heavy (non-hydrogen) atoms. The number of rotatable bonds is 5. The van der Waals surface area contributed by atoms with Gasteiger partial charge in [-0.05, 0) is 48.4 Å². The van der Waals surface area contributed by atoms with E-state index in [-0.39, 0.29) is 12.4 Å². The van der Waals surface area contributed by atoms with Crippen molar-refractivity contribution in [2.45, 2.75) is 6.42 Å². The van der Waals surface area contributed by atoms with Crippen LogP contribution in [-0.2, 0) is 16.4 Å². The largest absolute Gasteiger partial charge is 0.485 e. The summed E-state index contributed by atoms with van der Waals surface area (Å²) in [6.45, 7) is 0.243. The summed E-state index contributed by atoms with van der Waals surface area (Å²) < 4.78 is 30.3. The van der Waals surface area contributed by atoms with Crippen molar-refractivity contribution in [3.8, 4) is 11.8 Å². The number of Topliss-reactive ketones (excluding diaryl/α,β-unsaturated/α-hetero) is 1. The van der Waals surface area contributed by atoms with Crippen LogP contribution < -0.4 is 9.04 Å². The number of nitriles is 1. The zero-order valence-corrected chi connectivity index (χ0v) is 14.4. The van der Waals surface area contributed by atoms with Gasteiger partial charge in [0.2, 0.25) is 10.0 Å². The fourth-order valence-electron chi connectivity index (χ4n) is 2.78. The predicted molar refractivity (Wildman–Crippen MR) is 93.3 cm³/mol. The second kappa shape index (κ2) is 6.57. The van der Waals surface area contributed by atoms with Crippen molar-refractivity contribution in [1.82, 2.24) is 0 Å². The second-order valence-corrected chi connectivity index (χ2v) is 7.69. The SMILES string of the molecule is CS(=O)(=O)N1CCc2cc(C(=O)COc3cccc(C#N)c3)ccc21. The van der Waals surface area contributed by atoms with Gasteiger partial charge in [-0.2, -0.15) is 5.26 Å². The first-order chi connectivity index (χ1) is 11.9. The van der Waals surface area contributed by atoms with E-state index < -0.39 is 10.0 Å². The molecule has 3 rings (SSSR count). The Balaban J connectivity index is 1.73. The zero-order chi connectivity index (χ0) is 18.0. The first kappa shape index (κ1) is 17.0. The summed E-state index contributed by atoms with van der Waals surface area (Å²) in [5.74, 6) is 0.250. The summed E-state index contributed by atoms with van der Waals surface area (Å²) in [6.07, 6.45) is 1.75. The molecule has 0 aromatic heterocycles. The molecular weight excluding hydrogens is 340 g/mol. The number of hydrogen-bond donors (Lipinski definition) is 0. The Morgan fingerprint density at radius 2 is 2.08 bits per heavy atom. The van der Waals surface area contributed by atoms with Gasteiger partial charge in [-0.1, -0.05) is 6.07 Å². The van der Waals surface area contributed by atoms with Crippen LogP contribution in [-0.4, -0.2) is 33.6 Å². The number of ketones is 1. The Hall–Kier alpha value is -2.85. The van der Waals surface area contributed by atoms with E-state index in [1.165, 1.54) is 10.6 Å². The van der Waals surface area contributed by atoms with Gasteiger partial charge >= 0.3 is 0 Å². The van der Waals surface area contributed by atoms with Gasteiger partial charge in [0.15, 0.2) is 12.4 Å². The predicted octanol–water partition coefficient (Wildman–Crippen LogP) is 2.14. The topological polar surface area (TPSA) is 87.5 Å². The van der Waals surface area contributed by atoms with Crippen molar-refractivity contribution in [3.05, 3.63) is 59.2 Å². The van der Waals surface area contributed by atoms with Crippen LogP contribution in [0, 0.1) is 11.3 Å². The lowest BCUT2D eigenvalue weighted by Crippen LogP contribution is -2.27. The fourth-order valence-corrected chi connectivity index (χ4v) is 3.74. The summed E-state index contributed by atoms with van der Waals surface area (Å²) >= 11 is 0. The molecule has 1 aliphatic heterocycles. The van der Waals surface area contributed by atoms with Crippen LogP contribution in [0.3, 0.4) is 0 Å². The van der Waals surface area contributed by atoms with Gasteiger partial charge in [0.05, 0.1) is 23.6 Å². The van der Waals surface area contributed by atoms with Gasteiger partial charge in [0.25, 0.3) is 0 Å². The highest BCUT2D eigenvalue weighted by Gasteiger charge is 2.26. The minimum atomic E-state index is -3.30. The summed E-state index contributed by atoms with van der Waals surface area (Å²) in [4.78, 5) is 12.3. The first-order valence-electron chi connectivity index (χ1n) is 7.65. The Labute approximate surface area is 146 Å². The van der Waals surface area contributed by atoms with Crippen molar-refractivity contribution < 1.29 is 17.9 Å². The molecule has 0 fully saturated rings. The van der Waals surface area contributed by atoms with Crippen LogP contribution in [0.25, 0.3) is 0 Å². The number of anilines is 1. The molecule has 2 aromatic carbocycles. The van der Waals surface area contributed by atoms with Gasteiger partial charge in [0, 0.05) is 12.1 Å². The number of ether oxygens (including phenoxy) is 1. The van der Waals surface area contributed by atoms with Gasteiger partial charge in [-0.3, -0.25) is 9.10 Å². The highest BCUT2D eigenvalue weighted by atomic mass is 32.2. The average Bonchev–Trinajstić information content (AvgIpc) is 3.03. The van der Waals surface area contributed by atoms with E-state index >= 15 is 0 Å². The van der Waals surface area contributed by atoms with E-state index in [4.69, 9.17) is 10.00 Å². The van der Waals surface area contributed by atoms with E-state index in [0.717, 1.165) is 5.56 Å². The van der Waals surface area contributed by atoms with Gasteiger partial charge in [-0.25, -0.2) is 8.42 Å². The van der Waals surface area contributed by atoms with Crippen molar-refractivity contribution in [3.63, 3.8) is 0 Å². The van der Waals surface area contributed by atoms with Gasteiger partial charge in [0.1, 0.15) is 5.75 Å². The molecule has 6 nitrogen and oxygen atoms in total. The smallest absolute Gasteiger partial charge is 0.232 e. The molecule has 1 heterocycles. The third kappa shape index (κ3) is 3.64. The first-order valence-corrected chi connectivity index (χ1v) is 9.50. The van der Waals surface area contributed by atoms with E-state index in [2.05, 4.69) is 0 Å². The summed E-state index contributed by atoms with van der Waals surface area (Å²) in [6, 6.07) is 13.6. The molecular formula is C18H16N2O4S. The molecule has 0 atom stereocenters. The zero-order valence-electron chi connectivity index (χ0n) is 13.6. The molecule has 2 aromatic rings. The Morgan fingerprint density at radius 3 is 2.80 bits per heavy atom. The lowest BCUT2D eigenvalue weighted by molar-refractivity contribution is 0.0921. The monoisotopic (exact) mass is 356 g/mol. The van der Waals surface area contributed by atoms with E-state index in [1.54, 1.807) is 42.5 Å². The number of hydrogen-bond acceptors (Lipinski definition) is 5. The highest BCUT2D eigenvalue weighted by molar-refractivity contribution is 7.92. The third-order valence-corrected chi connectivity index (χ3v) is 5.17. The molecule has 7 heteroatoms. The highest BCUT2D eigenvalue weighted by Crippen LogP contribution is 2.30. The Morgan fingerprint density at radius 1 is 1.28 bits per heavy atom. The minimum absolute atomic E-state index is 0.149. The third-order valence-electron chi connectivity index (χ3n) is 3.99. The van der Waals surface area contributed by atoms with Gasteiger partial charge < -0.3 is 4.74 Å². The lowest BCUT2D eigenvalue weighted by atomic mass is 10.1. The molecule has 1 aliphatic rings. The summed E-state index contributed by atoms with van der Waals surface area (Å²) in [7, 11) is -3.30. The maximum Gasteiger partial charge on any atom is 0.232 e. The maximum absolute atomic E-state index is 12.3. The van der Waals surface area contributed by atoms with Crippen molar-refractivity contribution in [2.75, 3.05) is 23.7 Å². The minimum Gasteiger partial charge on any atom is -0.485 e. The van der Waals surface area contributed by atoms with Crippen molar-refractivity contribution >= 4 is 21.5 Å². The standard InChI is InChI=1S/C18H16N2O4S/c1-25(22,23)20-8-7-14-10-15(5-6-17(14)20)18(21)12-24-16-4-2-3-13(9-16)11-19/h2-6,9-10H,7-8,12H2,1H3. The van der Waals surface area contributed by atoms with E-state index in [1.807, 2.05) is 6.07 Å². The van der Waals surface area contributed by atoms with Crippen LogP contribution in [0.5, 0.6) is 5.75 Å². The number of fused-ring (bicyclic) bond motifs is 1. The molecule has 0 spiro atoms. The normalized spacial score (nSPS) is 13.2. The molecule has 0 aliphatic carbocycles. The number of carbonyl (C=O) groups is 1. The van der Waals surface area contributed by atoms with Crippen LogP contribution >= 0.6 is 0 Å². The lowest BCUT2D eigenvalue weighted by Gasteiger charge is -2.16. The molecule has 128 valence electrons. The van der Waals surface area contributed by atoms with Crippen LogP contribution in [0.1, 0.15) is 21.5 Å². The molecule has 0 saturated heterocycles. The fraction of sp³-hybridized carbons (Fsp3) is 0.222. The quantitative estimate of drug-likeness (QED) is 0.766. The number of carbonyl (C=O) groups excluding carboxylic acids is 1. The van der Waals surface area contributed by atoms with Crippen molar-refractivity contribution in [1.29, 1.82) is 5.26 Å². The van der Waals surface area contributed by atoms with Crippen LogP contribution in [0.4, 0.5) is 5.69 Å². The second-order valence-electron chi connectivity index (χ2n) is 5.78. The molecule has 0 unspecified atom stereocenters. The van der Waals surface area contributed by atoms with Crippen LogP contribution in [0.2, 0.25) is 0 Å².